The first-order valence-electron chi connectivity index (χ1n) is 7.89. The van der Waals surface area contributed by atoms with Crippen LogP contribution in [0.2, 0.25) is 0 Å². The summed E-state index contributed by atoms with van der Waals surface area (Å²) in [4.78, 5) is 0. The number of aryl methyl sites for hydroxylation is 1. The van der Waals surface area contributed by atoms with Crippen molar-refractivity contribution in [1.82, 2.24) is 4.72 Å². The molecule has 1 atom stereocenters. The largest absolute Gasteiger partial charge is 0.391 e. The van der Waals surface area contributed by atoms with Gasteiger partial charge in [0, 0.05) is 12.0 Å². The Hall–Kier alpha value is -1.17. The van der Waals surface area contributed by atoms with Gasteiger partial charge in [0.1, 0.15) is 0 Å². The minimum absolute atomic E-state index is 0.0885. The summed E-state index contributed by atoms with van der Waals surface area (Å²) in [6.45, 7) is 2.07. The van der Waals surface area contributed by atoms with Crippen LogP contribution in [0.25, 0.3) is 6.08 Å². The molecule has 5 heteroatoms. The molecule has 0 spiro atoms. The molecule has 0 radical (unpaired) electrons. The van der Waals surface area contributed by atoms with Crippen LogP contribution in [0.5, 0.6) is 0 Å². The highest BCUT2D eigenvalue weighted by Gasteiger charge is 2.22. The van der Waals surface area contributed by atoms with E-state index in [1.165, 1.54) is 6.42 Å². The second kappa shape index (κ2) is 7.90. The molecule has 4 nitrogen and oxygen atoms in total. The maximum absolute atomic E-state index is 11.9. The molecule has 2 N–H and O–H groups in total. The SMILES string of the molecule is Cc1ccc(/C=C/S(=O)(=O)NC[C@@H](O)C2CCCCC2)cc1. The lowest BCUT2D eigenvalue weighted by Crippen LogP contribution is -2.36. The van der Waals surface area contributed by atoms with Crippen LogP contribution in [0, 0.1) is 12.8 Å². The summed E-state index contributed by atoms with van der Waals surface area (Å²) in [6.07, 6.45) is 6.42. The van der Waals surface area contributed by atoms with E-state index in [0.717, 1.165) is 42.2 Å². The van der Waals surface area contributed by atoms with Gasteiger partial charge in [0.15, 0.2) is 0 Å². The first-order valence-corrected chi connectivity index (χ1v) is 9.43. The van der Waals surface area contributed by atoms with E-state index < -0.39 is 16.1 Å². The van der Waals surface area contributed by atoms with Crippen molar-refractivity contribution in [2.24, 2.45) is 5.92 Å². The maximum Gasteiger partial charge on any atom is 0.233 e. The standard InChI is InChI=1S/C17H25NO3S/c1-14-7-9-15(10-8-14)11-12-22(20,21)18-13-17(19)16-5-3-2-4-6-16/h7-12,16-19H,2-6,13H2,1H3/b12-11+/t17-/m1/s1. The fraction of sp³-hybridized carbons (Fsp3) is 0.529. The molecular formula is C17H25NO3S. The molecule has 0 aliphatic heterocycles. The lowest BCUT2D eigenvalue weighted by atomic mass is 9.85. The van der Waals surface area contributed by atoms with Crippen LogP contribution in [-0.4, -0.2) is 26.2 Å². The Labute approximate surface area is 133 Å². The number of benzene rings is 1. The van der Waals surface area contributed by atoms with E-state index in [2.05, 4.69) is 4.72 Å². The molecule has 122 valence electrons. The second-order valence-corrected chi connectivity index (χ2v) is 7.72. The monoisotopic (exact) mass is 323 g/mol. The molecule has 0 unspecified atom stereocenters. The minimum Gasteiger partial charge on any atom is -0.391 e. The summed E-state index contributed by atoms with van der Waals surface area (Å²) < 4.78 is 26.4. The summed E-state index contributed by atoms with van der Waals surface area (Å²) >= 11 is 0. The van der Waals surface area contributed by atoms with Gasteiger partial charge in [0.25, 0.3) is 0 Å². The van der Waals surface area contributed by atoms with Crippen molar-refractivity contribution in [2.45, 2.75) is 45.1 Å². The third-order valence-corrected chi connectivity index (χ3v) is 5.27. The lowest BCUT2D eigenvalue weighted by Gasteiger charge is -2.26. The van der Waals surface area contributed by atoms with E-state index in [9.17, 15) is 13.5 Å². The Morgan fingerprint density at radius 1 is 1.23 bits per heavy atom. The van der Waals surface area contributed by atoms with Gasteiger partial charge in [-0.3, -0.25) is 0 Å². The fourth-order valence-electron chi connectivity index (χ4n) is 2.78. The molecule has 1 fully saturated rings. The van der Waals surface area contributed by atoms with Gasteiger partial charge in [-0.05, 0) is 37.3 Å². The highest BCUT2D eigenvalue weighted by molar-refractivity contribution is 7.92. The van der Waals surface area contributed by atoms with Crippen LogP contribution >= 0.6 is 0 Å². The van der Waals surface area contributed by atoms with E-state index in [1.54, 1.807) is 6.08 Å². The molecule has 1 aromatic carbocycles. The molecule has 22 heavy (non-hydrogen) atoms. The molecule has 1 aromatic rings. The highest BCUT2D eigenvalue weighted by Crippen LogP contribution is 2.26. The molecule has 0 saturated heterocycles. The Kier molecular flexibility index (Phi) is 6.17. The van der Waals surface area contributed by atoms with Gasteiger partial charge in [0.2, 0.25) is 10.0 Å². The van der Waals surface area contributed by atoms with Gasteiger partial charge in [0.05, 0.1) is 6.10 Å². The van der Waals surface area contributed by atoms with Crippen molar-refractivity contribution in [3.05, 3.63) is 40.8 Å². The molecule has 1 saturated carbocycles. The van der Waals surface area contributed by atoms with Crippen LogP contribution < -0.4 is 4.72 Å². The maximum atomic E-state index is 11.9. The summed E-state index contributed by atoms with van der Waals surface area (Å²) in [7, 11) is -3.51. The molecule has 1 aliphatic rings. The average Bonchev–Trinajstić information content (AvgIpc) is 2.53. The Bertz CT molecular complexity index is 587. The minimum atomic E-state index is -3.51. The zero-order valence-electron chi connectivity index (χ0n) is 13.0. The van der Waals surface area contributed by atoms with Crippen molar-refractivity contribution in [3.63, 3.8) is 0 Å². The highest BCUT2D eigenvalue weighted by atomic mass is 32.2. The first-order chi connectivity index (χ1) is 10.5. The van der Waals surface area contributed by atoms with Crippen LogP contribution in [0.4, 0.5) is 0 Å². The van der Waals surface area contributed by atoms with E-state index >= 15 is 0 Å². The summed E-state index contributed by atoms with van der Waals surface area (Å²) in [5.41, 5.74) is 1.97. The van der Waals surface area contributed by atoms with Gasteiger partial charge in [-0.2, -0.15) is 0 Å². The zero-order valence-corrected chi connectivity index (χ0v) is 13.8. The van der Waals surface area contributed by atoms with Crippen LogP contribution in [-0.2, 0) is 10.0 Å². The summed E-state index contributed by atoms with van der Waals surface area (Å²) in [6, 6.07) is 7.62. The van der Waals surface area contributed by atoms with Gasteiger partial charge in [-0.1, -0.05) is 49.1 Å². The van der Waals surface area contributed by atoms with Gasteiger partial charge in [-0.15, -0.1) is 0 Å². The predicted molar refractivity (Wildman–Crippen MR) is 89.7 cm³/mol. The normalized spacial score (nSPS) is 18.6. The second-order valence-electron chi connectivity index (χ2n) is 6.07. The third-order valence-electron chi connectivity index (χ3n) is 4.20. The fourth-order valence-corrected chi connectivity index (χ4v) is 3.62. The number of aliphatic hydroxyl groups excluding tert-OH is 1. The van der Waals surface area contributed by atoms with Gasteiger partial charge >= 0.3 is 0 Å². The van der Waals surface area contributed by atoms with Gasteiger partial charge in [-0.25, -0.2) is 13.1 Å². The van der Waals surface area contributed by atoms with E-state index in [4.69, 9.17) is 0 Å². The smallest absolute Gasteiger partial charge is 0.233 e. The average molecular weight is 323 g/mol. The predicted octanol–water partition coefficient (Wildman–Crippen LogP) is 2.83. The van der Waals surface area contributed by atoms with E-state index in [1.807, 2.05) is 31.2 Å². The number of rotatable bonds is 6. The van der Waals surface area contributed by atoms with Crippen LogP contribution in [0.1, 0.15) is 43.2 Å². The van der Waals surface area contributed by atoms with Gasteiger partial charge < -0.3 is 5.11 Å². The number of hydrogen-bond acceptors (Lipinski definition) is 3. The number of sulfonamides is 1. The molecule has 1 aliphatic carbocycles. The Morgan fingerprint density at radius 3 is 2.50 bits per heavy atom. The van der Waals surface area contributed by atoms with Crippen molar-refractivity contribution in [1.29, 1.82) is 0 Å². The van der Waals surface area contributed by atoms with E-state index in [0.29, 0.717) is 0 Å². The molecule has 0 amide bonds. The number of hydrogen-bond donors (Lipinski definition) is 2. The Morgan fingerprint density at radius 2 is 1.86 bits per heavy atom. The molecule has 0 bridgehead atoms. The lowest BCUT2D eigenvalue weighted by molar-refractivity contribution is 0.0889. The number of aliphatic hydroxyl groups is 1. The Balaban J connectivity index is 1.86. The molecular weight excluding hydrogens is 298 g/mol. The summed E-state index contributed by atoms with van der Waals surface area (Å²) in [5, 5.41) is 11.3. The number of nitrogens with one attached hydrogen (secondary N) is 1. The van der Waals surface area contributed by atoms with Crippen molar-refractivity contribution in [2.75, 3.05) is 6.54 Å². The molecule has 0 aromatic heterocycles. The third kappa shape index (κ3) is 5.55. The topological polar surface area (TPSA) is 66.4 Å². The summed E-state index contributed by atoms with van der Waals surface area (Å²) in [5.74, 6) is 0.220. The van der Waals surface area contributed by atoms with Crippen LogP contribution in [0.15, 0.2) is 29.7 Å². The van der Waals surface area contributed by atoms with Crippen molar-refractivity contribution in [3.8, 4) is 0 Å². The zero-order chi connectivity index (χ0) is 16.0. The molecule has 2 rings (SSSR count). The van der Waals surface area contributed by atoms with Crippen LogP contribution in [0.3, 0.4) is 0 Å². The van der Waals surface area contributed by atoms with E-state index in [-0.39, 0.29) is 12.5 Å². The van der Waals surface area contributed by atoms with Crippen molar-refractivity contribution < 1.29 is 13.5 Å². The van der Waals surface area contributed by atoms with Crippen molar-refractivity contribution >= 4 is 16.1 Å². The molecule has 0 heterocycles. The quantitative estimate of drug-likeness (QED) is 0.846. The first kappa shape index (κ1) is 17.2.